The molecule has 0 saturated carbocycles. The maximum absolute atomic E-state index is 12.8. The smallest absolute Gasteiger partial charge is 0.416 e. The fourth-order valence-electron chi connectivity index (χ4n) is 1.63. The van der Waals surface area contributed by atoms with Crippen LogP contribution in [-0.2, 0) is 6.18 Å². The molecule has 0 saturated heterocycles. The van der Waals surface area contributed by atoms with Crippen LogP contribution in [0.4, 0.5) is 19.0 Å². The van der Waals surface area contributed by atoms with Gasteiger partial charge in [0.1, 0.15) is 5.82 Å². The summed E-state index contributed by atoms with van der Waals surface area (Å²) in [6, 6.07) is 1.91. The molecule has 5 nitrogen and oxygen atoms in total. The van der Waals surface area contributed by atoms with Crippen molar-refractivity contribution in [3.05, 3.63) is 30.1 Å². The van der Waals surface area contributed by atoms with E-state index in [9.17, 15) is 13.2 Å². The fourth-order valence-corrected chi connectivity index (χ4v) is 1.63. The molecule has 114 valence electrons. The van der Waals surface area contributed by atoms with Gasteiger partial charge in [-0.15, -0.1) is 0 Å². The van der Waals surface area contributed by atoms with E-state index in [1.54, 1.807) is 10.9 Å². The summed E-state index contributed by atoms with van der Waals surface area (Å²) in [7, 11) is 1.49. The SMILES string of the molecule is CNc1cc(C(F)(F)F)cc(Oc2cnn(C(C)C)c2)n1. The van der Waals surface area contributed by atoms with E-state index in [0.29, 0.717) is 5.75 Å². The van der Waals surface area contributed by atoms with Crippen LogP contribution in [0.25, 0.3) is 0 Å². The summed E-state index contributed by atoms with van der Waals surface area (Å²) in [6.45, 7) is 3.86. The van der Waals surface area contributed by atoms with Crippen LogP contribution in [0.1, 0.15) is 25.5 Å². The second kappa shape index (κ2) is 5.63. The quantitative estimate of drug-likeness (QED) is 0.935. The molecule has 0 amide bonds. The Hall–Kier alpha value is -2.25. The van der Waals surface area contributed by atoms with Crippen molar-refractivity contribution in [2.24, 2.45) is 0 Å². The van der Waals surface area contributed by atoms with E-state index in [2.05, 4.69) is 15.4 Å². The molecule has 0 unspecified atom stereocenters. The van der Waals surface area contributed by atoms with Crippen molar-refractivity contribution in [2.75, 3.05) is 12.4 Å². The van der Waals surface area contributed by atoms with E-state index in [1.807, 2.05) is 13.8 Å². The van der Waals surface area contributed by atoms with Crippen molar-refractivity contribution in [3.63, 3.8) is 0 Å². The summed E-state index contributed by atoms with van der Waals surface area (Å²) in [5, 5.41) is 6.63. The van der Waals surface area contributed by atoms with Crippen LogP contribution >= 0.6 is 0 Å². The summed E-state index contributed by atoms with van der Waals surface area (Å²) in [5.74, 6) is 0.270. The zero-order valence-corrected chi connectivity index (χ0v) is 11.8. The Bertz CT molecular complexity index is 622. The van der Waals surface area contributed by atoms with Gasteiger partial charge in [-0.3, -0.25) is 4.68 Å². The first-order chi connectivity index (χ1) is 9.79. The lowest BCUT2D eigenvalue weighted by molar-refractivity contribution is -0.137. The molecule has 1 N–H and O–H groups in total. The van der Waals surface area contributed by atoms with Gasteiger partial charge in [-0.1, -0.05) is 0 Å². The maximum Gasteiger partial charge on any atom is 0.416 e. The normalized spacial score (nSPS) is 11.8. The predicted octanol–water partition coefficient (Wildman–Crippen LogP) is 3.71. The zero-order valence-electron chi connectivity index (χ0n) is 11.8. The van der Waals surface area contributed by atoms with Crippen molar-refractivity contribution in [2.45, 2.75) is 26.1 Å². The molecule has 0 radical (unpaired) electrons. The molecule has 2 heterocycles. The minimum absolute atomic E-state index is 0.0797. The number of halogens is 3. The number of pyridine rings is 1. The van der Waals surface area contributed by atoms with E-state index >= 15 is 0 Å². The lowest BCUT2D eigenvalue weighted by Gasteiger charge is -2.11. The molecule has 0 atom stereocenters. The van der Waals surface area contributed by atoms with Gasteiger partial charge in [0, 0.05) is 19.2 Å². The van der Waals surface area contributed by atoms with Crippen LogP contribution in [0.15, 0.2) is 24.5 Å². The average Bonchev–Trinajstić information content (AvgIpc) is 2.86. The van der Waals surface area contributed by atoms with Gasteiger partial charge in [0.15, 0.2) is 5.75 Å². The van der Waals surface area contributed by atoms with E-state index in [-0.39, 0.29) is 17.7 Å². The first kappa shape index (κ1) is 15.1. The van der Waals surface area contributed by atoms with Crippen molar-refractivity contribution in [3.8, 4) is 11.6 Å². The van der Waals surface area contributed by atoms with Gasteiger partial charge in [-0.2, -0.15) is 23.3 Å². The highest BCUT2D eigenvalue weighted by Crippen LogP contribution is 2.33. The lowest BCUT2D eigenvalue weighted by Crippen LogP contribution is -2.07. The summed E-state index contributed by atoms with van der Waals surface area (Å²) < 4.78 is 45.4. The van der Waals surface area contributed by atoms with Gasteiger partial charge in [-0.25, -0.2) is 0 Å². The van der Waals surface area contributed by atoms with Gasteiger partial charge in [0.05, 0.1) is 18.0 Å². The van der Waals surface area contributed by atoms with Crippen LogP contribution in [0.2, 0.25) is 0 Å². The molecule has 8 heteroatoms. The lowest BCUT2D eigenvalue weighted by atomic mass is 10.2. The summed E-state index contributed by atoms with van der Waals surface area (Å²) in [6.07, 6.45) is -1.43. The van der Waals surface area contributed by atoms with E-state index in [1.165, 1.54) is 13.2 Å². The first-order valence-electron chi connectivity index (χ1n) is 6.28. The molecule has 0 aliphatic heterocycles. The Morgan fingerprint density at radius 1 is 1.29 bits per heavy atom. The zero-order chi connectivity index (χ0) is 15.6. The minimum atomic E-state index is -4.46. The molecule has 2 aromatic heterocycles. The molecule has 0 aromatic carbocycles. The number of rotatable bonds is 4. The minimum Gasteiger partial charge on any atom is -0.436 e. The molecule has 0 fully saturated rings. The number of hydrogen-bond donors (Lipinski definition) is 1. The van der Waals surface area contributed by atoms with Gasteiger partial charge in [-0.05, 0) is 19.9 Å². The fraction of sp³-hybridized carbons (Fsp3) is 0.385. The number of nitrogens with one attached hydrogen (secondary N) is 1. The third kappa shape index (κ3) is 3.65. The molecular weight excluding hydrogens is 285 g/mol. The third-order valence-electron chi connectivity index (χ3n) is 2.71. The predicted molar refractivity (Wildman–Crippen MR) is 71.5 cm³/mol. The second-order valence-corrected chi connectivity index (χ2v) is 4.68. The highest BCUT2D eigenvalue weighted by atomic mass is 19.4. The van der Waals surface area contributed by atoms with E-state index < -0.39 is 11.7 Å². The van der Waals surface area contributed by atoms with Gasteiger partial charge < -0.3 is 10.1 Å². The van der Waals surface area contributed by atoms with Crippen molar-refractivity contribution in [1.29, 1.82) is 0 Å². The van der Waals surface area contributed by atoms with Crippen molar-refractivity contribution < 1.29 is 17.9 Å². The molecule has 2 aromatic rings. The summed E-state index contributed by atoms with van der Waals surface area (Å²) in [5.41, 5.74) is -0.826. The van der Waals surface area contributed by atoms with Crippen molar-refractivity contribution in [1.82, 2.24) is 14.8 Å². The van der Waals surface area contributed by atoms with Crippen LogP contribution in [-0.4, -0.2) is 21.8 Å². The van der Waals surface area contributed by atoms with E-state index in [0.717, 1.165) is 12.1 Å². The molecule has 21 heavy (non-hydrogen) atoms. The van der Waals surface area contributed by atoms with Gasteiger partial charge in [0.2, 0.25) is 5.88 Å². The van der Waals surface area contributed by atoms with Crippen molar-refractivity contribution >= 4 is 5.82 Å². The molecule has 0 bridgehead atoms. The number of hydrogen-bond acceptors (Lipinski definition) is 4. The monoisotopic (exact) mass is 300 g/mol. The third-order valence-corrected chi connectivity index (χ3v) is 2.71. The Labute approximate surface area is 119 Å². The highest BCUT2D eigenvalue weighted by molar-refractivity contribution is 5.42. The molecule has 0 aliphatic rings. The second-order valence-electron chi connectivity index (χ2n) is 4.68. The van der Waals surface area contributed by atoms with Gasteiger partial charge >= 0.3 is 6.18 Å². The maximum atomic E-state index is 12.8. The molecule has 0 aliphatic carbocycles. The summed E-state index contributed by atoms with van der Waals surface area (Å²) in [4.78, 5) is 3.94. The van der Waals surface area contributed by atoms with Crippen LogP contribution in [0.3, 0.4) is 0 Å². The number of ether oxygens (including phenoxy) is 1. The summed E-state index contributed by atoms with van der Waals surface area (Å²) >= 11 is 0. The molecule has 0 spiro atoms. The Balaban J connectivity index is 2.30. The van der Waals surface area contributed by atoms with E-state index in [4.69, 9.17) is 4.74 Å². The largest absolute Gasteiger partial charge is 0.436 e. The Morgan fingerprint density at radius 2 is 2.00 bits per heavy atom. The molecule has 2 rings (SSSR count). The Morgan fingerprint density at radius 3 is 2.52 bits per heavy atom. The van der Waals surface area contributed by atoms with Crippen LogP contribution in [0, 0.1) is 0 Å². The number of aromatic nitrogens is 3. The van der Waals surface area contributed by atoms with Crippen LogP contribution < -0.4 is 10.1 Å². The number of nitrogens with zero attached hydrogens (tertiary/aromatic N) is 3. The standard InChI is InChI=1S/C13H15F3N4O/c1-8(2)20-7-10(6-18-20)21-12-5-9(13(14,15)16)4-11(17-3)19-12/h4-8H,1-3H3,(H,17,19). The highest BCUT2D eigenvalue weighted by Gasteiger charge is 2.32. The average molecular weight is 300 g/mol. The first-order valence-corrected chi connectivity index (χ1v) is 6.28. The van der Waals surface area contributed by atoms with Crippen LogP contribution in [0.5, 0.6) is 11.6 Å². The number of alkyl halides is 3. The topological polar surface area (TPSA) is 52.0 Å². The Kier molecular flexibility index (Phi) is 4.06. The number of anilines is 1. The molecular formula is C13H15F3N4O. The van der Waals surface area contributed by atoms with Gasteiger partial charge in [0.25, 0.3) is 0 Å².